The van der Waals surface area contributed by atoms with Gasteiger partial charge in [-0.1, -0.05) is 23.8 Å². The number of aryl methyl sites for hydroxylation is 1. The monoisotopic (exact) mass is 387 g/mol. The van der Waals surface area contributed by atoms with Gasteiger partial charge in [0.25, 0.3) is 0 Å². The Labute approximate surface area is 161 Å². The van der Waals surface area contributed by atoms with Crippen LogP contribution >= 0.6 is 0 Å². The molecule has 0 amide bonds. The molecule has 1 atom stereocenters. The van der Waals surface area contributed by atoms with Gasteiger partial charge >= 0.3 is 0 Å². The first-order valence-corrected chi connectivity index (χ1v) is 10.3. The van der Waals surface area contributed by atoms with Crippen LogP contribution in [0.3, 0.4) is 0 Å². The van der Waals surface area contributed by atoms with Crippen LogP contribution in [0.5, 0.6) is 11.5 Å². The van der Waals surface area contributed by atoms with E-state index in [1.807, 2.05) is 31.2 Å². The highest BCUT2D eigenvalue weighted by Crippen LogP contribution is 2.38. The molecule has 0 bridgehead atoms. The Bertz CT molecular complexity index is 935. The second-order valence-electron chi connectivity index (χ2n) is 6.67. The van der Waals surface area contributed by atoms with Crippen LogP contribution in [0.25, 0.3) is 0 Å². The SMILES string of the molecule is C=C[C@@H]1CN(S(=O)(=O)c2ccc(C)cc2)CCc2cc(OC)cc(OC)c21. The van der Waals surface area contributed by atoms with Crippen LogP contribution in [-0.2, 0) is 16.4 Å². The molecule has 0 N–H and O–H groups in total. The van der Waals surface area contributed by atoms with Gasteiger partial charge in [-0.15, -0.1) is 6.58 Å². The van der Waals surface area contributed by atoms with Crippen molar-refractivity contribution < 1.29 is 17.9 Å². The molecule has 0 aromatic heterocycles. The van der Waals surface area contributed by atoms with Crippen LogP contribution in [0, 0.1) is 6.92 Å². The molecule has 5 nitrogen and oxygen atoms in total. The minimum absolute atomic E-state index is 0.163. The summed E-state index contributed by atoms with van der Waals surface area (Å²) in [7, 11) is -0.364. The Hall–Kier alpha value is -2.31. The third kappa shape index (κ3) is 3.73. The van der Waals surface area contributed by atoms with Crippen LogP contribution < -0.4 is 9.47 Å². The van der Waals surface area contributed by atoms with E-state index in [2.05, 4.69) is 6.58 Å². The lowest BCUT2D eigenvalue weighted by Gasteiger charge is -2.23. The van der Waals surface area contributed by atoms with Crippen LogP contribution in [0.2, 0.25) is 0 Å². The van der Waals surface area contributed by atoms with Crippen LogP contribution in [0.1, 0.15) is 22.6 Å². The van der Waals surface area contributed by atoms with Crippen molar-refractivity contribution in [2.45, 2.75) is 24.2 Å². The Kier molecular flexibility index (Phi) is 5.58. The Morgan fingerprint density at radius 3 is 2.44 bits per heavy atom. The zero-order valence-corrected chi connectivity index (χ0v) is 16.8. The van der Waals surface area contributed by atoms with Crippen molar-refractivity contribution in [3.8, 4) is 11.5 Å². The van der Waals surface area contributed by atoms with E-state index < -0.39 is 10.0 Å². The fourth-order valence-corrected chi connectivity index (χ4v) is 4.95. The van der Waals surface area contributed by atoms with E-state index in [1.54, 1.807) is 32.4 Å². The van der Waals surface area contributed by atoms with E-state index in [4.69, 9.17) is 9.47 Å². The van der Waals surface area contributed by atoms with Crippen molar-refractivity contribution in [3.63, 3.8) is 0 Å². The van der Waals surface area contributed by atoms with Gasteiger partial charge < -0.3 is 9.47 Å². The van der Waals surface area contributed by atoms with E-state index in [0.29, 0.717) is 35.9 Å². The topological polar surface area (TPSA) is 55.8 Å². The van der Waals surface area contributed by atoms with E-state index in [9.17, 15) is 8.42 Å². The molecule has 27 heavy (non-hydrogen) atoms. The molecule has 1 aliphatic rings. The molecule has 1 heterocycles. The van der Waals surface area contributed by atoms with E-state index in [-0.39, 0.29) is 5.92 Å². The van der Waals surface area contributed by atoms with Gasteiger partial charge in [-0.2, -0.15) is 4.31 Å². The highest BCUT2D eigenvalue weighted by atomic mass is 32.2. The number of hydrogen-bond donors (Lipinski definition) is 0. The van der Waals surface area contributed by atoms with Gasteiger partial charge in [-0.3, -0.25) is 0 Å². The predicted molar refractivity (Wildman–Crippen MR) is 106 cm³/mol. The number of hydrogen-bond acceptors (Lipinski definition) is 4. The molecule has 1 aliphatic heterocycles. The number of rotatable bonds is 5. The Balaban J connectivity index is 2.02. The van der Waals surface area contributed by atoms with E-state index in [0.717, 1.165) is 16.7 Å². The summed E-state index contributed by atoms with van der Waals surface area (Å²) in [6.07, 6.45) is 2.37. The number of fused-ring (bicyclic) bond motifs is 1. The second-order valence-corrected chi connectivity index (χ2v) is 8.61. The first-order chi connectivity index (χ1) is 12.9. The molecule has 0 radical (unpaired) electrons. The molecule has 0 saturated carbocycles. The second kappa shape index (κ2) is 7.74. The minimum Gasteiger partial charge on any atom is -0.497 e. The Morgan fingerprint density at radius 2 is 1.85 bits per heavy atom. The smallest absolute Gasteiger partial charge is 0.243 e. The van der Waals surface area contributed by atoms with Gasteiger partial charge in [-0.05, 0) is 37.1 Å². The van der Waals surface area contributed by atoms with Gasteiger partial charge in [0.1, 0.15) is 11.5 Å². The van der Waals surface area contributed by atoms with Crippen molar-refractivity contribution in [1.29, 1.82) is 0 Å². The minimum atomic E-state index is -3.58. The summed E-state index contributed by atoms with van der Waals surface area (Å²) in [5.41, 5.74) is 3.03. The van der Waals surface area contributed by atoms with Gasteiger partial charge in [0.05, 0.1) is 19.1 Å². The van der Waals surface area contributed by atoms with Crippen LogP contribution in [-0.4, -0.2) is 40.0 Å². The van der Waals surface area contributed by atoms with Gasteiger partial charge in [0, 0.05) is 30.6 Å². The van der Waals surface area contributed by atoms with E-state index >= 15 is 0 Å². The quantitative estimate of drug-likeness (QED) is 0.737. The fraction of sp³-hybridized carbons (Fsp3) is 0.333. The lowest BCUT2D eigenvalue weighted by atomic mass is 9.92. The molecule has 2 aromatic carbocycles. The third-order valence-corrected chi connectivity index (χ3v) is 6.88. The van der Waals surface area contributed by atoms with Crippen molar-refractivity contribution in [2.75, 3.05) is 27.3 Å². The summed E-state index contributed by atoms with van der Waals surface area (Å²) >= 11 is 0. The standard InChI is InChI=1S/C21H25NO4S/c1-5-16-14-22(27(23,24)19-8-6-15(2)7-9-19)11-10-17-12-18(25-3)13-20(26-4)21(16)17/h5-9,12-13,16H,1,10-11,14H2,2-4H3/t16-/m1/s1. The Morgan fingerprint density at radius 1 is 1.15 bits per heavy atom. The summed E-state index contributed by atoms with van der Waals surface area (Å²) in [5.74, 6) is 1.23. The largest absolute Gasteiger partial charge is 0.497 e. The molecule has 0 saturated heterocycles. The summed E-state index contributed by atoms with van der Waals surface area (Å²) in [6.45, 7) is 6.59. The number of ether oxygens (including phenoxy) is 2. The molecule has 0 spiro atoms. The molecule has 0 aliphatic carbocycles. The molecule has 0 fully saturated rings. The lowest BCUT2D eigenvalue weighted by molar-refractivity contribution is 0.386. The number of benzene rings is 2. The highest BCUT2D eigenvalue weighted by Gasteiger charge is 2.32. The number of nitrogens with zero attached hydrogens (tertiary/aromatic N) is 1. The van der Waals surface area contributed by atoms with Crippen molar-refractivity contribution in [1.82, 2.24) is 4.31 Å². The highest BCUT2D eigenvalue weighted by molar-refractivity contribution is 7.89. The van der Waals surface area contributed by atoms with Crippen LogP contribution in [0.15, 0.2) is 53.9 Å². The van der Waals surface area contributed by atoms with Crippen molar-refractivity contribution >= 4 is 10.0 Å². The number of methoxy groups -OCH3 is 2. The van der Waals surface area contributed by atoms with Gasteiger partial charge in [-0.25, -0.2) is 8.42 Å². The molecule has 144 valence electrons. The molecular formula is C21H25NO4S. The molecule has 2 aromatic rings. The molecular weight excluding hydrogens is 362 g/mol. The normalized spacial score (nSPS) is 17.7. The average Bonchev–Trinajstić information content (AvgIpc) is 2.87. The molecule has 3 rings (SSSR count). The summed E-state index contributed by atoms with van der Waals surface area (Å²) in [4.78, 5) is 0.311. The summed E-state index contributed by atoms with van der Waals surface area (Å²) < 4.78 is 38.8. The number of sulfonamides is 1. The van der Waals surface area contributed by atoms with Crippen molar-refractivity contribution in [2.24, 2.45) is 0 Å². The average molecular weight is 388 g/mol. The maximum Gasteiger partial charge on any atom is 0.243 e. The first-order valence-electron chi connectivity index (χ1n) is 8.85. The molecule has 6 heteroatoms. The first kappa shape index (κ1) is 19.5. The zero-order valence-electron chi connectivity index (χ0n) is 15.9. The van der Waals surface area contributed by atoms with Gasteiger partial charge in [0.2, 0.25) is 10.0 Å². The third-order valence-electron chi connectivity index (χ3n) is 5.00. The van der Waals surface area contributed by atoms with Crippen LogP contribution in [0.4, 0.5) is 0 Å². The zero-order chi connectivity index (χ0) is 19.6. The lowest BCUT2D eigenvalue weighted by Crippen LogP contribution is -2.34. The summed E-state index contributed by atoms with van der Waals surface area (Å²) in [6, 6.07) is 10.7. The van der Waals surface area contributed by atoms with Gasteiger partial charge in [0.15, 0.2) is 0 Å². The maximum atomic E-state index is 13.2. The van der Waals surface area contributed by atoms with E-state index in [1.165, 1.54) is 4.31 Å². The predicted octanol–water partition coefficient (Wildman–Crippen LogP) is 3.53. The fourth-order valence-electron chi connectivity index (χ4n) is 3.49. The van der Waals surface area contributed by atoms with Crippen molar-refractivity contribution in [3.05, 3.63) is 65.7 Å². The molecule has 0 unspecified atom stereocenters. The maximum absolute atomic E-state index is 13.2. The summed E-state index contributed by atoms with van der Waals surface area (Å²) in [5, 5.41) is 0.